The minimum Gasteiger partial charge on any atom is -0.445 e. The van der Waals surface area contributed by atoms with Gasteiger partial charge in [-0.15, -0.1) is 11.3 Å². The van der Waals surface area contributed by atoms with E-state index in [9.17, 15) is 14.7 Å². The topological polar surface area (TPSA) is 76.1 Å². The number of hydrogen-bond donors (Lipinski definition) is 1. The number of aliphatic hydroxyl groups is 1. The van der Waals surface area contributed by atoms with Crippen molar-refractivity contribution in [3.05, 3.63) is 58.3 Å². The molecule has 2 atom stereocenters. The van der Waals surface area contributed by atoms with Gasteiger partial charge in [-0.05, 0) is 24.1 Å². The summed E-state index contributed by atoms with van der Waals surface area (Å²) >= 11 is 1.23. The maximum atomic E-state index is 11.6. The van der Waals surface area contributed by atoms with Gasteiger partial charge in [-0.1, -0.05) is 36.4 Å². The van der Waals surface area contributed by atoms with E-state index in [4.69, 9.17) is 9.47 Å². The lowest BCUT2D eigenvalue weighted by Gasteiger charge is -2.38. The molecule has 0 bridgehead atoms. The second-order valence-corrected chi connectivity index (χ2v) is 6.59. The molecule has 1 fully saturated rings. The number of carbonyl (C=O) groups excluding carboxylic acids is 2. The highest BCUT2D eigenvalue weighted by atomic mass is 32.1. The molecular weight excluding hydrogens is 330 g/mol. The average Bonchev–Trinajstić information content (AvgIpc) is 3.09. The van der Waals surface area contributed by atoms with Crippen molar-refractivity contribution in [2.45, 2.75) is 18.4 Å². The fourth-order valence-electron chi connectivity index (χ4n) is 2.60. The minimum atomic E-state index is -1.97. The highest BCUT2D eigenvalue weighted by molar-refractivity contribution is 7.10. The summed E-state index contributed by atoms with van der Waals surface area (Å²) in [6.07, 6.45) is -1.00. The number of esters is 2. The van der Waals surface area contributed by atoms with Crippen molar-refractivity contribution in [1.82, 2.24) is 4.90 Å². The molecule has 1 N–H and O–H groups in total. The Labute approximate surface area is 143 Å². The summed E-state index contributed by atoms with van der Waals surface area (Å²) in [6.45, 7) is 0.811. The van der Waals surface area contributed by atoms with Crippen molar-refractivity contribution in [3.63, 3.8) is 0 Å². The molecule has 1 unspecified atom stereocenters. The van der Waals surface area contributed by atoms with Gasteiger partial charge < -0.3 is 14.6 Å². The lowest BCUT2D eigenvalue weighted by molar-refractivity contribution is -0.281. The van der Waals surface area contributed by atoms with E-state index in [-0.39, 0.29) is 6.54 Å². The van der Waals surface area contributed by atoms with Crippen LogP contribution in [-0.4, -0.2) is 41.6 Å². The summed E-state index contributed by atoms with van der Waals surface area (Å²) in [5, 5.41) is 12.6. The summed E-state index contributed by atoms with van der Waals surface area (Å²) in [7, 11) is 1.84. The quantitative estimate of drug-likeness (QED) is 0.652. The lowest BCUT2D eigenvalue weighted by Crippen LogP contribution is -2.56. The number of thiophene rings is 1. The van der Waals surface area contributed by atoms with Gasteiger partial charge in [0, 0.05) is 13.1 Å². The summed E-state index contributed by atoms with van der Waals surface area (Å²) in [5.74, 6) is -4.24. The monoisotopic (exact) mass is 347 g/mol. The molecule has 126 valence electrons. The van der Waals surface area contributed by atoms with Gasteiger partial charge >= 0.3 is 11.9 Å². The SMILES string of the molecule is CN(Cc1ccccc1)CC1OC(=O)C(=O)O[C@]1(O)c1cccs1. The van der Waals surface area contributed by atoms with E-state index in [2.05, 4.69) is 0 Å². The molecule has 0 aliphatic carbocycles. The van der Waals surface area contributed by atoms with Gasteiger partial charge in [-0.25, -0.2) is 9.59 Å². The Morgan fingerprint density at radius 1 is 1.17 bits per heavy atom. The van der Waals surface area contributed by atoms with Gasteiger partial charge in [0.25, 0.3) is 5.79 Å². The first-order chi connectivity index (χ1) is 11.5. The Morgan fingerprint density at radius 3 is 2.58 bits per heavy atom. The van der Waals surface area contributed by atoms with Crippen LogP contribution in [0.25, 0.3) is 0 Å². The third-order valence-corrected chi connectivity index (χ3v) is 4.72. The highest BCUT2D eigenvalue weighted by Gasteiger charge is 2.52. The van der Waals surface area contributed by atoms with Gasteiger partial charge in [0.1, 0.15) is 0 Å². The molecule has 1 aliphatic rings. The van der Waals surface area contributed by atoms with Crippen molar-refractivity contribution in [3.8, 4) is 0 Å². The maximum Gasteiger partial charge on any atom is 0.420 e. The Hall–Kier alpha value is -2.22. The second-order valence-electron chi connectivity index (χ2n) is 5.64. The fourth-order valence-corrected chi connectivity index (χ4v) is 3.40. The molecule has 1 aliphatic heterocycles. The van der Waals surface area contributed by atoms with E-state index in [0.717, 1.165) is 5.56 Å². The average molecular weight is 347 g/mol. The summed E-state index contributed by atoms with van der Waals surface area (Å²) in [6, 6.07) is 13.1. The molecule has 2 heterocycles. The van der Waals surface area contributed by atoms with Crippen LogP contribution in [0.5, 0.6) is 0 Å². The van der Waals surface area contributed by atoms with Crippen molar-refractivity contribution < 1.29 is 24.2 Å². The number of rotatable bonds is 5. The summed E-state index contributed by atoms with van der Waals surface area (Å²) in [4.78, 5) is 25.5. The molecule has 3 rings (SSSR count). The standard InChI is InChI=1S/C17H17NO5S/c1-18(10-12-6-3-2-4-7-12)11-13-17(21,14-8-5-9-24-14)23-16(20)15(19)22-13/h2-9,13,21H,10-11H2,1H3/t13?,17-/m0/s1. The van der Waals surface area contributed by atoms with Gasteiger partial charge in [0.2, 0.25) is 0 Å². The van der Waals surface area contributed by atoms with Crippen LogP contribution in [0.4, 0.5) is 0 Å². The molecule has 0 radical (unpaired) electrons. The van der Waals surface area contributed by atoms with Gasteiger partial charge in [0.15, 0.2) is 6.10 Å². The van der Waals surface area contributed by atoms with E-state index in [1.807, 2.05) is 42.3 Å². The number of benzene rings is 1. The molecule has 7 heteroatoms. The van der Waals surface area contributed by atoms with Crippen LogP contribution in [-0.2, 0) is 31.4 Å². The molecule has 0 saturated carbocycles. The van der Waals surface area contributed by atoms with Crippen LogP contribution < -0.4 is 0 Å². The number of carbonyl (C=O) groups is 2. The molecule has 1 aromatic carbocycles. The van der Waals surface area contributed by atoms with Gasteiger partial charge in [-0.2, -0.15) is 0 Å². The molecule has 1 aromatic heterocycles. The predicted octanol–water partition coefficient (Wildman–Crippen LogP) is 1.49. The van der Waals surface area contributed by atoms with Crippen LogP contribution in [0, 0.1) is 0 Å². The number of likely N-dealkylation sites (N-methyl/N-ethyl adjacent to an activating group) is 1. The molecule has 0 spiro atoms. The molecule has 2 aromatic rings. The maximum absolute atomic E-state index is 11.6. The van der Waals surface area contributed by atoms with E-state index >= 15 is 0 Å². The first-order valence-corrected chi connectivity index (χ1v) is 8.30. The first-order valence-electron chi connectivity index (χ1n) is 7.42. The number of ether oxygens (including phenoxy) is 2. The molecule has 6 nitrogen and oxygen atoms in total. The zero-order valence-corrected chi connectivity index (χ0v) is 13.9. The largest absolute Gasteiger partial charge is 0.445 e. The Bertz CT molecular complexity index is 718. The van der Waals surface area contributed by atoms with Crippen molar-refractivity contribution >= 4 is 23.3 Å². The highest BCUT2D eigenvalue weighted by Crippen LogP contribution is 2.35. The Balaban J connectivity index is 1.78. The third kappa shape index (κ3) is 3.33. The van der Waals surface area contributed by atoms with Crippen LogP contribution in [0.15, 0.2) is 47.8 Å². The molecule has 1 saturated heterocycles. The fraction of sp³-hybridized carbons (Fsp3) is 0.294. The van der Waals surface area contributed by atoms with Gasteiger partial charge in [-0.3, -0.25) is 4.90 Å². The Morgan fingerprint density at radius 2 is 1.92 bits per heavy atom. The normalized spacial score (nSPS) is 23.9. The zero-order valence-electron chi connectivity index (χ0n) is 13.0. The molecular formula is C17H17NO5S. The number of hydrogen-bond acceptors (Lipinski definition) is 7. The van der Waals surface area contributed by atoms with Crippen LogP contribution in [0.3, 0.4) is 0 Å². The number of nitrogens with zero attached hydrogens (tertiary/aromatic N) is 1. The summed E-state index contributed by atoms with van der Waals surface area (Å²) < 4.78 is 10.2. The van der Waals surface area contributed by atoms with E-state index in [0.29, 0.717) is 11.4 Å². The lowest BCUT2D eigenvalue weighted by atomic mass is 10.1. The van der Waals surface area contributed by atoms with Crippen LogP contribution in [0.1, 0.15) is 10.4 Å². The molecule has 24 heavy (non-hydrogen) atoms. The van der Waals surface area contributed by atoms with Crippen LogP contribution in [0.2, 0.25) is 0 Å². The third-order valence-electron chi connectivity index (χ3n) is 3.75. The smallest absolute Gasteiger partial charge is 0.420 e. The molecule has 0 amide bonds. The second kappa shape index (κ2) is 6.72. The van der Waals surface area contributed by atoms with Crippen molar-refractivity contribution in [1.29, 1.82) is 0 Å². The minimum absolute atomic E-state index is 0.211. The predicted molar refractivity (Wildman–Crippen MR) is 87.0 cm³/mol. The van der Waals surface area contributed by atoms with Gasteiger partial charge in [0.05, 0.1) is 4.88 Å². The van der Waals surface area contributed by atoms with Crippen molar-refractivity contribution in [2.24, 2.45) is 0 Å². The van der Waals surface area contributed by atoms with E-state index < -0.39 is 23.8 Å². The van der Waals surface area contributed by atoms with Crippen LogP contribution >= 0.6 is 11.3 Å². The summed E-state index contributed by atoms with van der Waals surface area (Å²) in [5.41, 5.74) is 1.08. The van der Waals surface area contributed by atoms with E-state index in [1.54, 1.807) is 17.5 Å². The number of cyclic esters (lactones) is 2. The zero-order chi connectivity index (χ0) is 17.2. The first kappa shape index (κ1) is 16.6. The van der Waals surface area contributed by atoms with Crippen molar-refractivity contribution in [2.75, 3.05) is 13.6 Å². The van der Waals surface area contributed by atoms with E-state index in [1.165, 1.54) is 11.3 Å². The Kier molecular flexibility index (Phi) is 4.66.